The van der Waals surface area contributed by atoms with Gasteiger partial charge >= 0.3 is 0 Å². The molecule has 4 atom stereocenters. The second-order valence-corrected chi connectivity index (χ2v) is 7.00. The van der Waals surface area contributed by atoms with Gasteiger partial charge in [-0.1, -0.05) is 44.4 Å². The van der Waals surface area contributed by atoms with Crippen molar-refractivity contribution in [2.75, 3.05) is 0 Å². The van der Waals surface area contributed by atoms with Gasteiger partial charge < -0.3 is 5.32 Å². The lowest BCUT2D eigenvalue weighted by Crippen LogP contribution is -2.46. The summed E-state index contributed by atoms with van der Waals surface area (Å²) in [6.45, 7) is 4.82. The fourth-order valence-corrected chi connectivity index (χ4v) is 4.02. The van der Waals surface area contributed by atoms with Gasteiger partial charge in [-0.3, -0.25) is 0 Å². The van der Waals surface area contributed by atoms with Gasteiger partial charge in [-0.05, 0) is 54.4 Å². The second kappa shape index (κ2) is 5.46. The molecule has 0 radical (unpaired) electrons. The van der Waals surface area contributed by atoms with E-state index >= 15 is 0 Å². The maximum atomic E-state index is 6.08. The van der Waals surface area contributed by atoms with Gasteiger partial charge in [0.1, 0.15) is 0 Å². The maximum absolute atomic E-state index is 6.08. The van der Waals surface area contributed by atoms with E-state index in [4.69, 9.17) is 11.6 Å². The molecule has 0 saturated heterocycles. The molecule has 104 valence electrons. The molecule has 1 fully saturated rings. The SMILES string of the molecule is CC1CCCC(NC2Cc3ccc(Cl)cc3C2)C1C. The summed E-state index contributed by atoms with van der Waals surface area (Å²) in [5, 5.41) is 4.80. The average Bonchev–Trinajstić information content (AvgIpc) is 2.76. The van der Waals surface area contributed by atoms with Crippen molar-refractivity contribution >= 4 is 11.6 Å². The Kier molecular flexibility index (Phi) is 3.86. The normalized spacial score (nSPS) is 34.3. The summed E-state index contributed by atoms with van der Waals surface area (Å²) in [6, 6.07) is 7.69. The average molecular weight is 278 g/mol. The van der Waals surface area contributed by atoms with Crippen LogP contribution in [0.4, 0.5) is 0 Å². The van der Waals surface area contributed by atoms with Gasteiger partial charge in [-0.15, -0.1) is 0 Å². The number of fused-ring (bicyclic) bond motifs is 1. The van der Waals surface area contributed by atoms with Crippen LogP contribution in [0.3, 0.4) is 0 Å². The van der Waals surface area contributed by atoms with Crippen LogP contribution in [0.1, 0.15) is 44.2 Å². The summed E-state index contributed by atoms with van der Waals surface area (Å²) in [6.07, 6.45) is 6.45. The van der Waals surface area contributed by atoms with Crippen LogP contribution in [-0.2, 0) is 12.8 Å². The van der Waals surface area contributed by atoms with Crippen molar-refractivity contribution in [3.05, 3.63) is 34.3 Å². The predicted molar refractivity (Wildman–Crippen MR) is 81.8 cm³/mol. The highest BCUT2D eigenvalue weighted by atomic mass is 35.5. The third-order valence-corrected chi connectivity index (χ3v) is 5.49. The first-order valence-corrected chi connectivity index (χ1v) is 8.04. The van der Waals surface area contributed by atoms with E-state index in [9.17, 15) is 0 Å². The third kappa shape index (κ3) is 2.83. The van der Waals surface area contributed by atoms with Crippen LogP contribution in [0.15, 0.2) is 18.2 Å². The molecular formula is C17H24ClN. The Morgan fingerprint density at radius 1 is 1.11 bits per heavy atom. The fraction of sp³-hybridized carbons (Fsp3) is 0.647. The van der Waals surface area contributed by atoms with Crippen molar-refractivity contribution in [3.63, 3.8) is 0 Å². The summed E-state index contributed by atoms with van der Waals surface area (Å²) < 4.78 is 0. The molecule has 0 spiro atoms. The summed E-state index contributed by atoms with van der Waals surface area (Å²) >= 11 is 6.08. The van der Waals surface area contributed by atoms with Crippen LogP contribution in [0.5, 0.6) is 0 Å². The molecule has 0 amide bonds. The molecule has 4 unspecified atom stereocenters. The van der Waals surface area contributed by atoms with Gasteiger partial charge in [0.2, 0.25) is 0 Å². The molecule has 2 aliphatic rings. The maximum Gasteiger partial charge on any atom is 0.0408 e. The summed E-state index contributed by atoms with van der Waals surface area (Å²) in [4.78, 5) is 0. The Labute approximate surface area is 121 Å². The molecule has 2 aliphatic carbocycles. The molecule has 1 saturated carbocycles. The van der Waals surface area contributed by atoms with Crippen LogP contribution in [0.25, 0.3) is 0 Å². The Morgan fingerprint density at radius 2 is 1.89 bits per heavy atom. The van der Waals surface area contributed by atoms with Crippen LogP contribution < -0.4 is 5.32 Å². The molecule has 0 aromatic heterocycles. The van der Waals surface area contributed by atoms with Crippen molar-refractivity contribution in [2.45, 2.75) is 58.0 Å². The minimum Gasteiger partial charge on any atom is -0.310 e. The van der Waals surface area contributed by atoms with Crippen LogP contribution in [-0.4, -0.2) is 12.1 Å². The Bertz CT molecular complexity index is 457. The molecule has 3 rings (SSSR count). The van der Waals surface area contributed by atoms with Crippen molar-refractivity contribution in [1.82, 2.24) is 5.32 Å². The van der Waals surface area contributed by atoms with Crippen molar-refractivity contribution < 1.29 is 0 Å². The smallest absolute Gasteiger partial charge is 0.0408 e. The fourth-order valence-electron chi connectivity index (χ4n) is 3.82. The van der Waals surface area contributed by atoms with Gasteiger partial charge in [-0.25, -0.2) is 0 Å². The quantitative estimate of drug-likeness (QED) is 0.853. The topological polar surface area (TPSA) is 12.0 Å². The van der Waals surface area contributed by atoms with Gasteiger partial charge in [0, 0.05) is 17.1 Å². The molecule has 1 nitrogen and oxygen atoms in total. The molecule has 1 N–H and O–H groups in total. The zero-order valence-electron chi connectivity index (χ0n) is 12.0. The minimum atomic E-state index is 0.617. The largest absolute Gasteiger partial charge is 0.310 e. The van der Waals surface area contributed by atoms with E-state index in [0.717, 1.165) is 23.3 Å². The van der Waals surface area contributed by atoms with Gasteiger partial charge in [0.05, 0.1) is 0 Å². The van der Waals surface area contributed by atoms with Gasteiger partial charge in [-0.2, -0.15) is 0 Å². The van der Waals surface area contributed by atoms with Crippen LogP contribution >= 0.6 is 11.6 Å². The Morgan fingerprint density at radius 3 is 2.74 bits per heavy atom. The first kappa shape index (κ1) is 13.5. The van der Waals surface area contributed by atoms with Crippen molar-refractivity contribution in [2.24, 2.45) is 11.8 Å². The lowest BCUT2D eigenvalue weighted by Gasteiger charge is -2.36. The monoisotopic (exact) mass is 277 g/mol. The molecule has 19 heavy (non-hydrogen) atoms. The Balaban J connectivity index is 1.64. The predicted octanol–water partition coefficient (Wildman–Crippen LogP) is 4.22. The standard InChI is InChI=1S/C17H24ClN/c1-11-4-3-5-17(12(11)2)19-16-9-13-6-7-15(18)8-14(13)10-16/h6-8,11-12,16-17,19H,3-5,9-10H2,1-2H3. The first-order valence-electron chi connectivity index (χ1n) is 7.67. The van der Waals surface area contributed by atoms with E-state index < -0.39 is 0 Å². The Hall–Kier alpha value is -0.530. The molecule has 2 heteroatoms. The van der Waals surface area contributed by atoms with Gasteiger partial charge in [0.25, 0.3) is 0 Å². The van der Waals surface area contributed by atoms with Crippen LogP contribution in [0.2, 0.25) is 5.02 Å². The summed E-state index contributed by atoms with van der Waals surface area (Å²) in [5.41, 5.74) is 2.93. The molecule has 0 aliphatic heterocycles. The van der Waals surface area contributed by atoms with Crippen LogP contribution in [0, 0.1) is 11.8 Å². The minimum absolute atomic E-state index is 0.617. The zero-order valence-corrected chi connectivity index (χ0v) is 12.7. The van der Waals surface area contributed by atoms with E-state index in [2.05, 4.69) is 31.3 Å². The number of hydrogen-bond donors (Lipinski definition) is 1. The third-order valence-electron chi connectivity index (χ3n) is 5.26. The first-order chi connectivity index (χ1) is 9.13. The lowest BCUT2D eigenvalue weighted by molar-refractivity contribution is 0.194. The molecular weight excluding hydrogens is 254 g/mol. The van der Waals surface area contributed by atoms with E-state index in [1.54, 1.807) is 0 Å². The number of halogens is 1. The van der Waals surface area contributed by atoms with E-state index in [-0.39, 0.29) is 0 Å². The number of rotatable bonds is 2. The molecule has 1 aromatic carbocycles. The molecule has 0 bridgehead atoms. The van der Waals surface area contributed by atoms with Gasteiger partial charge in [0.15, 0.2) is 0 Å². The molecule has 0 heterocycles. The zero-order chi connectivity index (χ0) is 13.4. The van der Waals surface area contributed by atoms with Crippen molar-refractivity contribution in [3.8, 4) is 0 Å². The summed E-state index contributed by atoms with van der Waals surface area (Å²) in [7, 11) is 0. The summed E-state index contributed by atoms with van der Waals surface area (Å²) in [5.74, 6) is 1.67. The lowest BCUT2D eigenvalue weighted by atomic mass is 9.78. The highest BCUT2D eigenvalue weighted by Crippen LogP contribution is 2.31. The molecule has 1 aromatic rings. The van der Waals surface area contributed by atoms with E-state index in [1.807, 2.05) is 6.07 Å². The number of nitrogens with one attached hydrogen (secondary N) is 1. The highest BCUT2D eigenvalue weighted by Gasteiger charge is 2.30. The van der Waals surface area contributed by atoms with E-state index in [1.165, 1.54) is 36.8 Å². The highest BCUT2D eigenvalue weighted by molar-refractivity contribution is 6.30. The number of benzene rings is 1. The van der Waals surface area contributed by atoms with E-state index in [0.29, 0.717) is 12.1 Å². The second-order valence-electron chi connectivity index (χ2n) is 6.56. The van der Waals surface area contributed by atoms with Crippen molar-refractivity contribution in [1.29, 1.82) is 0 Å². The number of hydrogen-bond acceptors (Lipinski definition) is 1.